The van der Waals surface area contributed by atoms with Crippen molar-refractivity contribution in [1.82, 2.24) is 14.5 Å². The number of rotatable bonds is 8. The number of aromatic nitrogens is 3. The molecule has 0 aliphatic rings. The molecule has 2 heterocycles. The van der Waals surface area contributed by atoms with Crippen molar-refractivity contribution in [2.75, 3.05) is 0 Å². The Balaban J connectivity index is 0.00000512. The minimum atomic E-state index is -0.135. The van der Waals surface area contributed by atoms with Crippen LogP contribution < -0.4 is 0 Å². The number of phenols is 1. The van der Waals surface area contributed by atoms with Gasteiger partial charge in [0.05, 0.1) is 16.6 Å². The van der Waals surface area contributed by atoms with Crippen LogP contribution in [0.5, 0.6) is 5.75 Å². The Bertz CT molecular complexity index is 2760. The molecule has 0 saturated carbocycles. The number of para-hydroxylation sites is 1. The van der Waals surface area contributed by atoms with Crippen molar-refractivity contribution < 1.29 is 26.2 Å². The molecular weight excluding hydrogens is 890 g/mol. The molecule has 0 spiro atoms. The zero-order chi connectivity index (χ0) is 40.0. The van der Waals surface area contributed by atoms with Crippen LogP contribution in [0.25, 0.3) is 72.7 Å². The summed E-state index contributed by atoms with van der Waals surface area (Å²) in [5.41, 5.74) is 17.4. The van der Waals surface area contributed by atoms with Crippen LogP contribution in [0.1, 0.15) is 62.4 Å². The van der Waals surface area contributed by atoms with E-state index in [1.54, 1.807) is 0 Å². The SMILES string of the molecule is Cc1ccc(-c2ccnc(-c3[c-]c(-c4cccc5c4nc(-c4cc(C)cc(C)c4O)n5-c4ccc(-c5ccccc5)c(CC(C)C)c4)cc(C(C)(C)C)c3)c2)cc1.[Pt]. The van der Waals surface area contributed by atoms with E-state index in [0.717, 1.165) is 67.8 Å². The fraction of sp³-hybridized carbons (Fsp3) is 0.208. The first-order valence-electron chi connectivity index (χ1n) is 20.0. The molecule has 5 heteroatoms. The molecule has 0 aliphatic heterocycles. The molecule has 58 heavy (non-hydrogen) atoms. The van der Waals surface area contributed by atoms with Crippen LogP contribution in [0, 0.1) is 32.8 Å². The maximum Gasteiger partial charge on any atom is 0.148 e. The third-order valence-corrected chi connectivity index (χ3v) is 10.9. The third kappa shape index (κ3) is 8.09. The number of pyridine rings is 1. The third-order valence-electron chi connectivity index (χ3n) is 10.9. The molecule has 0 radical (unpaired) electrons. The Kier molecular flexibility index (Phi) is 11.5. The van der Waals surface area contributed by atoms with E-state index in [-0.39, 0.29) is 32.2 Å². The van der Waals surface area contributed by atoms with Gasteiger partial charge in [-0.25, -0.2) is 4.98 Å². The predicted octanol–water partition coefficient (Wildman–Crippen LogP) is 13.7. The van der Waals surface area contributed by atoms with Crippen molar-refractivity contribution in [3.8, 4) is 67.5 Å². The Morgan fingerprint density at radius 2 is 1.41 bits per heavy atom. The van der Waals surface area contributed by atoms with Gasteiger partial charge in [-0.05, 0) is 108 Å². The second kappa shape index (κ2) is 16.4. The van der Waals surface area contributed by atoms with Crippen LogP contribution in [-0.2, 0) is 32.9 Å². The van der Waals surface area contributed by atoms with E-state index >= 15 is 0 Å². The van der Waals surface area contributed by atoms with Crippen LogP contribution in [0.2, 0.25) is 0 Å². The van der Waals surface area contributed by atoms with Gasteiger partial charge in [-0.3, -0.25) is 9.55 Å². The van der Waals surface area contributed by atoms with E-state index in [2.05, 4.69) is 174 Å². The van der Waals surface area contributed by atoms with Crippen LogP contribution in [0.15, 0.2) is 134 Å². The van der Waals surface area contributed by atoms with Gasteiger partial charge in [0, 0.05) is 38.6 Å². The Hall–Kier alpha value is -5.57. The zero-order valence-electron chi connectivity index (χ0n) is 34.6. The molecule has 294 valence electrons. The maximum atomic E-state index is 11.7. The number of benzene rings is 6. The van der Waals surface area contributed by atoms with Crippen molar-refractivity contribution in [2.24, 2.45) is 5.92 Å². The normalized spacial score (nSPS) is 11.6. The van der Waals surface area contributed by atoms with Gasteiger partial charge in [-0.2, -0.15) is 0 Å². The summed E-state index contributed by atoms with van der Waals surface area (Å²) in [7, 11) is 0. The summed E-state index contributed by atoms with van der Waals surface area (Å²) < 4.78 is 2.23. The van der Waals surface area contributed by atoms with E-state index in [0.29, 0.717) is 17.3 Å². The standard InChI is InChI=1S/C53H50N3O.Pt/c1-33(2)25-40-31-44(21-22-45(40)38-13-10-9-11-14-38)56-49-16-12-15-46(50(49)55-52(56)47-27-35(4)26-36(5)51(47)57)41-28-42(30-43(29-41)53(6,7)8)48-32-39(23-24-54-48)37-19-17-34(3)18-20-37;/h9-24,26-27,29-33,57H,25H2,1-8H3;/q-1;. The second-order valence-corrected chi connectivity index (χ2v) is 17.0. The molecule has 8 rings (SSSR count). The molecule has 0 amide bonds. The summed E-state index contributed by atoms with van der Waals surface area (Å²) in [6, 6.07) is 49.0. The molecule has 2 aromatic heterocycles. The second-order valence-electron chi connectivity index (χ2n) is 17.0. The molecular formula is C53H50N3OPt-. The van der Waals surface area contributed by atoms with Gasteiger partial charge in [-0.15, -0.1) is 29.3 Å². The number of imidazole rings is 1. The number of aromatic hydroxyl groups is 1. The summed E-state index contributed by atoms with van der Waals surface area (Å²) in [5.74, 6) is 1.40. The molecule has 0 bridgehead atoms. The molecule has 0 saturated heterocycles. The number of phenolic OH excluding ortho intramolecular Hbond substituents is 1. The van der Waals surface area contributed by atoms with Crippen molar-refractivity contribution in [3.63, 3.8) is 0 Å². The number of hydrogen-bond donors (Lipinski definition) is 1. The molecule has 0 aliphatic carbocycles. The molecule has 1 N–H and O–H groups in total. The average molecular weight is 940 g/mol. The number of hydrogen-bond acceptors (Lipinski definition) is 3. The summed E-state index contributed by atoms with van der Waals surface area (Å²) in [5, 5.41) is 11.7. The monoisotopic (exact) mass is 939 g/mol. The number of aryl methyl sites for hydroxylation is 3. The molecule has 8 aromatic rings. The topological polar surface area (TPSA) is 50.9 Å². The van der Waals surface area contributed by atoms with Crippen LogP contribution in [-0.4, -0.2) is 19.6 Å². The minimum absolute atomic E-state index is 0. The number of fused-ring (bicyclic) bond motifs is 1. The van der Waals surface area contributed by atoms with Gasteiger partial charge in [0.15, 0.2) is 0 Å². The predicted molar refractivity (Wildman–Crippen MR) is 238 cm³/mol. The average Bonchev–Trinajstić information content (AvgIpc) is 3.59. The summed E-state index contributed by atoms with van der Waals surface area (Å²) >= 11 is 0. The van der Waals surface area contributed by atoms with E-state index < -0.39 is 0 Å². The summed E-state index contributed by atoms with van der Waals surface area (Å²) in [6.45, 7) is 17.4. The fourth-order valence-electron chi connectivity index (χ4n) is 7.91. The Labute approximate surface area is 358 Å². The van der Waals surface area contributed by atoms with Gasteiger partial charge in [-0.1, -0.05) is 136 Å². The molecule has 6 aromatic carbocycles. The quantitative estimate of drug-likeness (QED) is 0.154. The Morgan fingerprint density at radius 1 is 0.672 bits per heavy atom. The maximum absolute atomic E-state index is 11.7. The largest absolute Gasteiger partial charge is 0.507 e. The minimum Gasteiger partial charge on any atom is -0.507 e. The first-order valence-corrected chi connectivity index (χ1v) is 20.0. The molecule has 4 nitrogen and oxygen atoms in total. The first kappa shape index (κ1) is 40.6. The smallest absolute Gasteiger partial charge is 0.148 e. The molecule has 0 unspecified atom stereocenters. The molecule has 0 fully saturated rings. The van der Waals surface area contributed by atoms with Crippen molar-refractivity contribution >= 4 is 11.0 Å². The van der Waals surface area contributed by atoms with Crippen molar-refractivity contribution in [1.29, 1.82) is 0 Å². The van der Waals surface area contributed by atoms with Crippen LogP contribution >= 0.6 is 0 Å². The van der Waals surface area contributed by atoms with Gasteiger partial charge < -0.3 is 5.11 Å². The van der Waals surface area contributed by atoms with Crippen LogP contribution in [0.4, 0.5) is 0 Å². The first-order chi connectivity index (χ1) is 27.3. The fourth-order valence-corrected chi connectivity index (χ4v) is 7.91. The zero-order valence-corrected chi connectivity index (χ0v) is 36.9. The summed E-state index contributed by atoms with van der Waals surface area (Å²) in [6.07, 6.45) is 2.82. The Morgan fingerprint density at radius 3 is 2.14 bits per heavy atom. The van der Waals surface area contributed by atoms with E-state index in [9.17, 15) is 5.11 Å². The van der Waals surface area contributed by atoms with E-state index in [4.69, 9.17) is 9.97 Å². The molecule has 0 atom stereocenters. The van der Waals surface area contributed by atoms with Crippen LogP contribution in [0.3, 0.4) is 0 Å². The van der Waals surface area contributed by atoms with Gasteiger partial charge in [0.2, 0.25) is 0 Å². The number of nitrogens with zero attached hydrogens (tertiary/aromatic N) is 3. The van der Waals surface area contributed by atoms with E-state index in [1.807, 2.05) is 25.3 Å². The van der Waals surface area contributed by atoms with Crippen molar-refractivity contribution in [2.45, 2.75) is 67.2 Å². The van der Waals surface area contributed by atoms with Gasteiger partial charge in [0.25, 0.3) is 0 Å². The van der Waals surface area contributed by atoms with Crippen molar-refractivity contribution in [3.05, 3.63) is 167 Å². The summed E-state index contributed by atoms with van der Waals surface area (Å²) in [4.78, 5) is 10.3. The van der Waals surface area contributed by atoms with E-state index in [1.165, 1.54) is 27.8 Å². The van der Waals surface area contributed by atoms with Gasteiger partial charge in [0.1, 0.15) is 11.6 Å². The van der Waals surface area contributed by atoms with Gasteiger partial charge >= 0.3 is 0 Å².